The molecule has 0 spiro atoms. The van der Waals surface area contributed by atoms with Gasteiger partial charge in [-0.25, -0.2) is 0 Å². The molecule has 0 atom stereocenters. The number of amides is 2. The van der Waals surface area contributed by atoms with Gasteiger partial charge in [-0.05, 0) is 56.5 Å². The first-order chi connectivity index (χ1) is 15.1. The second-order valence-corrected chi connectivity index (χ2v) is 11.2. The van der Waals surface area contributed by atoms with E-state index >= 15 is 0 Å². The van der Waals surface area contributed by atoms with Crippen LogP contribution in [0.1, 0.15) is 44.7 Å². The summed E-state index contributed by atoms with van der Waals surface area (Å²) in [5.74, 6) is -0.0131. The van der Waals surface area contributed by atoms with Crippen molar-refractivity contribution >= 4 is 62.1 Å². The third-order valence-electron chi connectivity index (χ3n) is 5.09. The SMILES string of the molecule is CC(C)(C)N(Cc1ccccc1)C(=O)CCCN1C(=O)C(=Cc2cccc(Br)c2)SC1=S. The molecule has 0 aliphatic carbocycles. The van der Waals surface area contributed by atoms with Crippen LogP contribution in [0.15, 0.2) is 64.0 Å². The molecular formula is C25H27BrN2O2S2. The fourth-order valence-electron chi connectivity index (χ4n) is 3.43. The third-order valence-corrected chi connectivity index (χ3v) is 6.96. The molecule has 0 aromatic heterocycles. The maximum Gasteiger partial charge on any atom is 0.266 e. The number of benzene rings is 2. The predicted molar refractivity (Wildman–Crippen MR) is 140 cm³/mol. The molecule has 7 heteroatoms. The van der Waals surface area contributed by atoms with E-state index in [1.54, 1.807) is 4.90 Å². The summed E-state index contributed by atoms with van der Waals surface area (Å²) in [6.07, 6.45) is 2.79. The number of rotatable bonds is 7. The first-order valence-electron chi connectivity index (χ1n) is 10.5. The summed E-state index contributed by atoms with van der Waals surface area (Å²) in [5, 5.41) is 0. The third kappa shape index (κ3) is 6.53. The van der Waals surface area contributed by atoms with Crippen LogP contribution in [0.4, 0.5) is 0 Å². The second-order valence-electron chi connectivity index (χ2n) is 8.63. The monoisotopic (exact) mass is 530 g/mol. The molecular weight excluding hydrogens is 504 g/mol. The topological polar surface area (TPSA) is 40.6 Å². The molecule has 4 nitrogen and oxygen atoms in total. The highest BCUT2D eigenvalue weighted by Crippen LogP contribution is 2.33. The minimum absolute atomic E-state index is 0.0801. The van der Waals surface area contributed by atoms with E-state index in [9.17, 15) is 9.59 Å². The minimum atomic E-state index is -0.290. The number of thioether (sulfide) groups is 1. The molecule has 168 valence electrons. The van der Waals surface area contributed by atoms with Crippen LogP contribution in [-0.4, -0.2) is 38.0 Å². The summed E-state index contributed by atoms with van der Waals surface area (Å²) >= 11 is 10.2. The minimum Gasteiger partial charge on any atom is -0.334 e. The van der Waals surface area contributed by atoms with Gasteiger partial charge in [-0.2, -0.15) is 0 Å². The lowest BCUT2D eigenvalue weighted by atomic mass is 10.0. The molecule has 0 radical (unpaired) electrons. The van der Waals surface area contributed by atoms with Gasteiger partial charge in [-0.3, -0.25) is 14.5 Å². The fourth-order valence-corrected chi connectivity index (χ4v) is 5.15. The van der Waals surface area contributed by atoms with E-state index in [0.717, 1.165) is 15.6 Å². The molecule has 2 amide bonds. The van der Waals surface area contributed by atoms with Crippen molar-refractivity contribution in [2.75, 3.05) is 6.54 Å². The lowest BCUT2D eigenvalue weighted by Gasteiger charge is -2.36. The van der Waals surface area contributed by atoms with Crippen LogP contribution < -0.4 is 0 Å². The molecule has 2 aromatic carbocycles. The van der Waals surface area contributed by atoms with Crippen molar-refractivity contribution in [2.24, 2.45) is 0 Å². The first-order valence-corrected chi connectivity index (χ1v) is 12.5. The molecule has 1 heterocycles. The standard InChI is InChI=1S/C25H27BrN2O2S2/c1-25(2,3)28(17-18-9-5-4-6-10-18)22(29)13-8-14-27-23(30)21(32-24(27)31)16-19-11-7-12-20(26)15-19/h4-7,9-12,15-16H,8,13-14,17H2,1-3H3. The van der Waals surface area contributed by atoms with E-state index in [2.05, 4.69) is 15.9 Å². The van der Waals surface area contributed by atoms with Gasteiger partial charge in [0.1, 0.15) is 4.32 Å². The Kier molecular flexibility index (Phi) is 8.31. The number of thiocarbonyl (C=S) groups is 1. The Morgan fingerprint density at radius 2 is 1.88 bits per heavy atom. The molecule has 0 bridgehead atoms. The van der Waals surface area contributed by atoms with Gasteiger partial charge in [0.25, 0.3) is 5.91 Å². The highest BCUT2D eigenvalue weighted by Gasteiger charge is 2.32. The number of halogens is 1. The zero-order valence-corrected chi connectivity index (χ0v) is 21.7. The van der Waals surface area contributed by atoms with Gasteiger partial charge in [0.2, 0.25) is 5.91 Å². The molecule has 32 heavy (non-hydrogen) atoms. The number of nitrogens with zero attached hydrogens (tertiary/aromatic N) is 2. The van der Waals surface area contributed by atoms with Gasteiger partial charge in [-0.1, -0.05) is 82.4 Å². The van der Waals surface area contributed by atoms with Gasteiger partial charge in [0.15, 0.2) is 0 Å². The van der Waals surface area contributed by atoms with E-state index in [-0.39, 0.29) is 17.4 Å². The summed E-state index contributed by atoms with van der Waals surface area (Å²) in [7, 11) is 0. The largest absolute Gasteiger partial charge is 0.334 e. The van der Waals surface area contributed by atoms with Crippen LogP contribution in [0, 0.1) is 0 Å². The lowest BCUT2D eigenvalue weighted by Crippen LogP contribution is -2.45. The fraction of sp³-hybridized carbons (Fsp3) is 0.320. The van der Waals surface area contributed by atoms with Crippen LogP contribution >= 0.6 is 39.9 Å². The van der Waals surface area contributed by atoms with Crippen LogP contribution in [0.5, 0.6) is 0 Å². The van der Waals surface area contributed by atoms with Gasteiger partial charge in [-0.15, -0.1) is 0 Å². The van der Waals surface area contributed by atoms with E-state index in [1.165, 1.54) is 11.8 Å². The normalized spacial score (nSPS) is 15.5. The van der Waals surface area contributed by atoms with Crippen molar-refractivity contribution in [3.8, 4) is 0 Å². The molecule has 1 saturated heterocycles. The van der Waals surface area contributed by atoms with Crippen molar-refractivity contribution in [2.45, 2.75) is 45.7 Å². The molecule has 1 fully saturated rings. The quantitative estimate of drug-likeness (QED) is 0.313. The van der Waals surface area contributed by atoms with Gasteiger partial charge in [0.05, 0.1) is 4.91 Å². The molecule has 0 unspecified atom stereocenters. The smallest absolute Gasteiger partial charge is 0.266 e. The summed E-state index contributed by atoms with van der Waals surface area (Å²) in [4.78, 5) is 30.0. The van der Waals surface area contributed by atoms with Crippen molar-refractivity contribution in [3.63, 3.8) is 0 Å². The Labute approximate surface area is 208 Å². The molecule has 2 aromatic rings. The Hall–Kier alpha value is -1.96. The summed E-state index contributed by atoms with van der Waals surface area (Å²) in [6, 6.07) is 17.8. The molecule has 1 aliphatic heterocycles. The lowest BCUT2D eigenvalue weighted by molar-refractivity contribution is -0.137. The highest BCUT2D eigenvalue weighted by atomic mass is 79.9. The number of hydrogen-bond acceptors (Lipinski definition) is 4. The van der Waals surface area contributed by atoms with Crippen molar-refractivity contribution in [1.82, 2.24) is 9.80 Å². The summed E-state index contributed by atoms with van der Waals surface area (Å²) < 4.78 is 1.50. The van der Waals surface area contributed by atoms with E-state index in [4.69, 9.17) is 12.2 Å². The highest BCUT2D eigenvalue weighted by molar-refractivity contribution is 9.10. The average molecular weight is 532 g/mol. The van der Waals surface area contributed by atoms with Crippen LogP contribution in [-0.2, 0) is 16.1 Å². The Balaban J connectivity index is 1.60. The predicted octanol–water partition coefficient (Wildman–Crippen LogP) is 6.26. The van der Waals surface area contributed by atoms with Crippen LogP contribution in [0.25, 0.3) is 6.08 Å². The van der Waals surface area contributed by atoms with Crippen molar-refractivity contribution in [3.05, 3.63) is 75.1 Å². The van der Waals surface area contributed by atoms with Gasteiger partial charge < -0.3 is 4.90 Å². The Morgan fingerprint density at radius 3 is 2.53 bits per heavy atom. The van der Waals surface area contributed by atoms with E-state index in [1.807, 2.05) is 86.3 Å². The van der Waals surface area contributed by atoms with Crippen LogP contribution in [0.2, 0.25) is 0 Å². The number of carbonyl (C=O) groups excluding carboxylic acids is 2. The molecule has 0 saturated carbocycles. The number of carbonyl (C=O) groups is 2. The van der Waals surface area contributed by atoms with Gasteiger partial charge in [0, 0.05) is 29.5 Å². The Morgan fingerprint density at radius 1 is 1.16 bits per heavy atom. The zero-order valence-electron chi connectivity index (χ0n) is 18.5. The average Bonchev–Trinajstić information content (AvgIpc) is 2.99. The number of hydrogen-bond donors (Lipinski definition) is 0. The van der Waals surface area contributed by atoms with E-state index < -0.39 is 0 Å². The van der Waals surface area contributed by atoms with Crippen molar-refractivity contribution < 1.29 is 9.59 Å². The summed E-state index contributed by atoms with van der Waals surface area (Å²) in [6.45, 7) is 7.14. The van der Waals surface area contributed by atoms with E-state index in [0.29, 0.717) is 35.2 Å². The van der Waals surface area contributed by atoms with Crippen molar-refractivity contribution in [1.29, 1.82) is 0 Å². The Bertz CT molecular complexity index is 1030. The maximum atomic E-state index is 13.0. The maximum absolute atomic E-state index is 13.0. The molecule has 1 aliphatic rings. The zero-order chi connectivity index (χ0) is 23.3. The second kappa shape index (κ2) is 10.8. The first kappa shape index (κ1) is 24.7. The molecule has 3 rings (SSSR count). The molecule has 0 N–H and O–H groups in total. The van der Waals surface area contributed by atoms with Crippen LogP contribution in [0.3, 0.4) is 0 Å². The summed E-state index contributed by atoms with van der Waals surface area (Å²) in [5.41, 5.74) is 1.75. The van der Waals surface area contributed by atoms with Gasteiger partial charge >= 0.3 is 0 Å².